The Labute approximate surface area is 85.9 Å². The predicted molar refractivity (Wildman–Crippen MR) is 57.2 cm³/mol. The van der Waals surface area contributed by atoms with Crippen LogP contribution in [-0.4, -0.2) is 6.54 Å². The van der Waals surface area contributed by atoms with Crippen molar-refractivity contribution < 1.29 is 0 Å². The molecule has 0 heterocycles. The van der Waals surface area contributed by atoms with Crippen molar-refractivity contribution in [2.24, 2.45) is 5.73 Å². The lowest BCUT2D eigenvalue weighted by atomic mass is 10.2. The van der Waals surface area contributed by atoms with Crippen LogP contribution in [0, 0.1) is 0 Å². The summed E-state index contributed by atoms with van der Waals surface area (Å²) in [5, 5.41) is 0. The number of hydrogen-bond donors (Lipinski definition) is 1. The third-order valence-electron chi connectivity index (χ3n) is 1.37. The topological polar surface area (TPSA) is 26.0 Å². The van der Waals surface area contributed by atoms with Gasteiger partial charge in [-0.2, -0.15) is 0 Å². The average molecular weight is 281 g/mol. The number of benzene rings is 1. The summed E-state index contributed by atoms with van der Waals surface area (Å²) in [6.07, 6.45) is 0.946. The van der Waals surface area contributed by atoms with Crippen molar-refractivity contribution in [3.8, 4) is 0 Å². The van der Waals surface area contributed by atoms with Gasteiger partial charge in [0.05, 0.1) is 0 Å². The van der Waals surface area contributed by atoms with Crippen LogP contribution in [-0.2, 0) is 6.42 Å². The maximum atomic E-state index is 5.41. The zero-order valence-electron chi connectivity index (χ0n) is 6.09. The second kappa shape index (κ2) is 5.75. The van der Waals surface area contributed by atoms with Crippen LogP contribution < -0.4 is 5.73 Å². The molecule has 2 N–H and O–H groups in total. The standard InChI is InChI=1S/C8H10BrN.BrH/c9-8-4-2-1-3-7(8)5-6-10;/h1-4H,5-6,10H2;1H. The van der Waals surface area contributed by atoms with Gasteiger partial charge in [0.1, 0.15) is 0 Å². The van der Waals surface area contributed by atoms with Crippen LogP contribution in [0.2, 0.25) is 0 Å². The van der Waals surface area contributed by atoms with Crippen molar-refractivity contribution in [2.75, 3.05) is 6.54 Å². The van der Waals surface area contributed by atoms with Gasteiger partial charge in [-0.05, 0) is 24.6 Å². The molecule has 1 aromatic rings. The third kappa shape index (κ3) is 3.36. The number of hydrogen-bond acceptors (Lipinski definition) is 1. The first kappa shape index (κ1) is 11.1. The van der Waals surface area contributed by atoms with Gasteiger partial charge in [0.15, 0.2) is 0 Å². The summed E-state index contributed by atoms with van der Waals surface area (Å²) in [6.45, 7) is 0.711. The molecule has 0 aliphatic carbocycles. The average Bonchev–Trinajstić information content (AvgIpc) is 1.94. The van der Waals surface area contributed by atoms with Gasteiger partial charge in [-0.25, -0.2) is 0 Å². The first-order valence-electron chi connectivity index (χ1n) is 3.28. The van der Waals surface area contributed by atoms with Gasteiger partial charge in [0, 0.05) is 4.47 Å². The summed E-state index contributed by atoms with van der Waals surface area (Å²) in [6, 6.07) is 8.14. The molecule has 0 atom stereocenters. The normalized spacial score (nSPS) is 8.91. The molecule has 0 aliphatic rings. The highest BCUT2D eigenvalue weighted by Gasteiger charge is 1.94. The lowest BCUT2D eigenvalue weighted by Crippen LogP contribution is -2.02. The van der Waals surface area contributed by atoms with Crippen LogP contribution in [0.1, 0.15) is 5.56 Å². The number of halogens is 2. The smallest absolute Gasteiger partial charge is 0.0207 e. The van der Waals surface area contributed by atoms with E-state index in [0.717, 1.165) is 10.9 Å². The van der Waals surface area contributed by atoms with Crippen LogP contribution in [0.25, 0.3) is 0 Å². The highest BCUT2D eigenvalue weighted by Crippen LogP contribution is 2.15. The van der Waals surface area contributed by atoms with Crippen LogP contribution in [0.4, 0.5) is 0 Å². The molecule has 1 rings (SSSR count). The molecular weight excluding hydrogens is 270 g/mol. The fourth-order valence-corrected chi connectivity index (χ4v) is 1.34. The van der Waals surface area contributed by atoms with Crippen LogP contribution >= 0.6 is 32.9 Å². The molecule has 11 heavy (non-hydrogen) atoms. The van der Waals surface area contributed by atoms with Gasteiger partial charge in [-0.1, -0.05) is 34.1 Å². The fraction of sp³-hybridized carbons (Fsp3) is 0.250. The summed E-state index contributed by atoms with van der Waals surface area (Å²) in [4.78, 5) is 0. The molecular formula is C8H11Br2N. The molecule has 0 amide bonds. The molecule has 0 spiro atoms. The van der Waals surface area contributed by atoms with E-state index < -0.39 is 0 Å². The third-order valence-corrected chi connectivity index (χ3v) is 2.15. The maximum Gasteiger partial charge on any atom is 0.0207 e. The molecule has 1 nitrogen and oxygen atoms in total. The molecule has 0 bridgehead atoms. The van der Waals surface area contributed by atoms with E-state index in [9.17, 15) is 0 Å². The summed E-state index contributed by atoms with van der Waals surface area (Å²) >= 11 is 3.44. The van der Waals surface area contributed by atoms with Crippen molar-refractivity contribution >= 4 is 32.9 Å². The molecule has 3 heteroatoms. The highest BCUT2D eigenvalue weighted by atomic mass is 79.9. The zero-order chi connectivity index (χ0) is 7.40. The minimum absolute atomic E-state index is 0. The van der Waals surface area contributed by atoms with E-state index in [2.05, 4.69) is 22.0 Å². The molecule has 0 unspecified atom stereocenters. The second-order valence-corrected chi connectivity index (χ2v) is 2.98. The van der Waals surface area contributed by atoms with Crippen LogP contribution in [0.5, 0.6) is 0 Å². The van der Waals surface area contributed by atoms with Gasteiger partial charge < -0.3 is 5.73 Å². The van der Waals surface area contributed by atoms with E-state index in [-0.39, 0.29) is 17.0 Å². The molecule has 1 aromatic carbocycles. The Morgan fingerprint density at radius 1 is 1.27 bits per heavy atom. The summed E-state index contributed by atoms with van der Waals surface area (Å²) in [5.41, 5.74) is 6.69. The Morgan fingerprint density at radius 2 is 1.91 bits per heavy atom. The number of nitrogens with two attached hydrogens (primary N) is 1. The minimum Gasteiger partial charge on any atom is -0.330 e. The molecule has 0 radical (unpaired) electrons. The lowest BCUT2D eigenvalue weighted by Gasteiger charge is -1.99. The minimum atomic E-state index is 0. The van der Waals surface area contributed by atoms with E-state index in [4.69, 9.17) is 5.73 Å². The fourth-order valence-electron chi connectivity index (χ4n) is 0.857. The van der Waals surface area contributed by atoms with Gasteiger partial charge in [-0.15, -0.1) is 17.0 Å². The predicted octanol–water partition coefficient (Wildman–Crippen LogP) is 2.53. The SMILES string of the molecule is Br.NCCc1ccccc1Br. The summed E-state index contributed by atoms with van der Waals surface area (Å²) in [5.74, 6) is 0. The van der Waals surface area contributed by atoms with Gasteiger partial charge in [0.25, 0.3) is 0 Å². The first-order chi connectivity index (χ1) is 4.84. The molecule has 0 saturated heterocycles. The lowest BCUT2D eigenvalue weighted by molar-refractivity contribution is 0.963. The first-order valence-corrected chi connectivity index (χ1v) is 4.07. The van der Waals surface area contributed by atoms with Gasteiger partial charge in [-0.3, -0.25) is 0 Å². The van der Waals surface area contributed by atoms with E-state index in [1.165, 1.54) is 5.56 Å². The van der Waals surface area contributed by atoms with E-state index in [1.807, 2.05) is 18.2 Å². The van der Waals surface area contributed by atoms with Crippen LogP contribution in [0.3, 0.4) is 0 Å². The Balaban J connectivity index is 0.000001000. The van der Waals surface area contributed by atoms with Crippen molar-refractivity contribution in [1.29, 1.82) is 0 Å². The van der Waals surface area contributed by atoms with Crippen molar-refractivity contribution in [3.05, 3.63) is 34.3 Å². The highest BCUT2D eigenvalue weighted by molar-refractivity contribution is 9.10. The Hall–Kier alpha value is 0.140. The Kier molecular flexibility index (Phi) is 5.82. The second-order valence-electron chi connectivity index (χ2n) is 2.13. The number of rotatable bonds is 2. The maximum absolute atomic E-state index is 5.41. The largest absolute Gasteiger partial charge is 0.330 e. The van der Waals surface area contributed by atoms with Crippen molar-refractivity contribution in [1.82, 2.24) is 0 Å². The Bertz CT molecular complexity index is 213. The molecule has 62 valence electrons. The molecule has 0 aliphatic heterocycles. The van der Waals surface area contributed by atoms with Gasteiger partial charge >= 0.3 is 0 Å². The molecule has 0 aromatic heterocycles. The van der Waals surface area contributed by atoms with E-state index in [1.54, 1.807) is 0 Å². The van der Waals surface area contributed by atoms with Crippen molar-refractivity contribution in [2.45, 2.75) is 6.42 Å². The van der Waals surface area contributed by atoms with Crippen LogP contribution in [0.15, 0.2) is 28.7 Å². The monoisotopic (exact) mass is 279 g/mol. The quantitative estimate of drug-likeness (QED) is 0.885. The molecule has 0 saturated carbocycles. The summed E-state index contributed by atoms with van der Waals surface area (Å²) in [7, 11) is 0. The van der Waals surface area contributed by atoms with Gasteiger partial charge in [0.2, 0.25) is 0 Å². The Morgan fingerprint density at radius 3 is 2.45 bits per heavy atom. The van der Waals surface area contributed by atoms with Crippen molar-refractivity contribution in [3.63, 3.8) is 0 Å². The van der Waals surface area contributed by atoms with E-state index >= 15 is 0 Å². The van der Waals surface area contributed by atoms with E-state index in [0.29, 0.717) is 6.54 Å². The molecule has 0 fully saturated rings. The summed E-state index contributed by atoms with van der Waals surface area (Å²) < 4.78 is 1.15. The zero-order valence-corrected chi connectivity index (χ0v) is 9.39.